The molecular weight excluding hydrogens is 1330 g/mol. The highest BCUT2D eigenvalue weighted by Gasteiger charge is 2.58. The topological polar surface area (TPSA) is 360 Å². The highest BCUT2D eigenvalue weighted by Crippen LogP contribution is 2.36. The van der Waals surface area contributed by atoms with Crippen LogP contribution in [0.5, 0.6) is 0 Å². The van der Waals surface area contributed by atoms with Crippen molar-refractivity contribution in [2.24, 2.45) is 5.11 Å². The van der Waals surface area contributed by atoms with Gasteiger partial charge in [-0.25, -0.2) is 28.8 Å². The molecule has 27 nitrogen and oxygen atoms in total. The van der Waals surface area contributed by atoms with Crippen molar-refractivity contribution in [1.82, 2.24) is 16.0 Å². The number of esters is 6. The third kappa shape index (κ3) is 18.7. The van der Waals surface area contributed by atoms with Gasteiger partial charge in [-0.1, -0.05) is 114 Å². The average Bonchev–Trinajstić information content (AvgIpc) is 0.780. The first kappa shape index (κ1) is 72.5. The van der Waals surface area contributed by atoms with E-state index in [4.69, 9.17) is 52.1 Å². The second-order valence-corrected chi connectivity index (χ2v) is 21.8. The molecule has 0 radical (unpaired) electrons. The lowest BCUT2D eigenvalue weighted by Gasteiger charge is -2.48. The number of hydrogen-bond acceptors (Lipinski definition) is 22. The summed E-state index contributed by atoms with van der Waals surface area (Å²) in [6.07, 6.45) is -38.3. The van der Waals surface area contributed by atoms with Gasteiger partial charge in [0.05, 0.1) is 53.2 Å². The van der Waals surface area contributed by atoms with Crippen LogP contribution in [-0.2, 0) is 66.5 Å². The number of amides is 3. The summed E-state index contributed by atoms with van der Waals surface area (Å²) in [5.41, 5.74) is 8.55. The molecule has 33 heteroatoms. The maximum Gasteiger partial charge on any atom is 0.471 e. The minimum absolute atomic E-state index is 0.118. The van der Waals surface area contributed by atoms with E-state index >= 15 is 0 Å². The number of carbonyl (C=O) groups is 9. The molecule has 3 heterocycles. The van der Waals surface area contributed by atoms with E-state index in [-0.39, 0.29) is 33.4 Å². The number of rotatable bonds is 23. The van der Waals surface area contributed by atoms with E-state index in [1.165, 1.54) is 176 Å². The molecule has 15 atom stereocenters. The fraction of sp³-hybridized carbons (Fsp3) is 0.318. The summed E-state index contributed by atoms with van der Waals surface area (Å²) in [6.45, 7) is -2.81. The minimum Gasteiger partial charge on any atom is -0.452 e. The zero-order valence-electron chi connectivity index (χ0n) is 51.3. The Morgan fingerprint density at radius 1 is 0.414 bits per heavy atom. The van der Waals surface area contributed by atoms with Gasteiger partial charge in [-0.15, -0.1) is 0 Å². The summed E-state index contributed by atoms with van der Waals surface area (Å²) in [4.78, 5) is 127. The number of hydrogen-bond donors (Lipinski definition) is 4. The van der Waals surface area contributed by atoms with Gasteiger partial charge in [-0.05, 0) is 78.3 Å². The number of alkyl halides is 6. The van der Waals surface area contributed by atoms with Gasteiger partial charge in [0.2, 0.25) is 5.91 Å². The second kappa shape index (κ2) is 33.0. The van der Waals surface area contributed by atoms with E-state index in [1.807, 2.05) is 0 Å². The Bertz CT molecular complexity index is 3850. The van der Waals surface area contributed by atoms with Crippen molar-refractivity contribution < 1.29 is 127 Å². The third-order valence-corrected chi connectivity index (χ3v) is 15.1. The number of halogens is 6. The number of nitrogens with zero attached hydrogens (tertiary/aromatic N) is 3. The molecule has 0 spiro atoms. The molecule has 99 heavy (non-hydrogen) atoms. The van der Waals surface area contributed by atoms with Crippen LogP contribution in [0.15, 0.2) is 187 Å². The van der Waals surface area contributed by atoms with E-state index in [1.54, 1.807) is 16.7 Å². The largest absolute Gasteiger partial charge is 0.471 e. The van der Waals surface area contributed by atoms with Gasteiger partial charge in [0.1, 0.15) is 36.4 Å². The Morgan fingerprint density at radius 3 is 0.949 bits per heavy atom. The van der Waals surface area contributed by atoms with Crippen LogP contribution in [0.1, 0.15) is 69.1 Å². The average molecular weight is 1390 g/mol. The first-order valence-corrected chi connectivity index (χ1v) is 29.9. The van der Waals surface area contributed by atoms with Gasteiger partial charge in [0, 0.05) is 11.8 Å². The fourth-order valence-electron chi connectivity index (χ4n) is 10.6. The summed E-state index contributed by atoms with van der Waals surface area (Å²) in [5.74, 6) is -14.0. The van der Waals surface area contributed by atoms with Crippen molar-refractivity contribution in [2.45, 2.75) is 111 Å². The van der Waals surface area contributed by atoms with Gasteiger partial charge in [-0.2, -0.15) is 26.3 Å². The minimum atomic E-state index is -5.82. The zero-order chi connectivity index (χ0) is 71.0. The van der Waals surface area contributed by atoms with E-state index in [2.05, 4.69) is 15.3 Å². The van der Waals surface area contributed by atoms with Gasteiger partial charge < -0.3 is 73.2 Å². The molecule has 0 aromatic heterocycles. The Morgan fingerprint density at radius 2 is 0.677 bits per heavy atom. The highest BCUT2D eigenvalue weighted by molar-refractivity contribution is 5.93. The van der Waals surface area contributed by atoms with Crippen LogP contribution >= 0.6 is 0 Å². The van der Waals surface area contributed by atoms with Crippen LogP contribution in [0.3, 0.4) is 0 Å². The molecule has 520 valence electrons. The molecule has 6 aromatic carbocycles. The van der Waals surface area contributed by atoms with Gasteiger partial charge in [-0.3, -0.25) is 14.4 Å². The Labute approximate surface area is 556 Å². The number of carbonyl (C=O) groups excluding carboxylic acids is 9. The summed E-state index contributed by atoms with van der Waals surface area (Å²) in [7, 11) is 0. The maximum absolute atomic E-state index is 14.8. The molecule has 3 saturated heterocycles. The van der Waals surface area contributed by atoms with Crippen LogP contribution in [0.4, 0.5) is 26.3 Å². The molecule has 0 aliphatic carbocycles. The molecular formula is C66H58F6N6O21. The third-order valence-electron chi connectivity index (χ3n) is 15.1. The Hall–Kier alpha value is -10.8. The lowest BCUT2D eigenvalue weighted by atomic mass is 9.94. The zero-order valence-corrected chi connectivity index (χ0v) is 51.3. The predicted octanol–water partition coefficient (Wildman–Crippen LogP) is 6.45. The Kier molecular flexibility index (Phi) is 24.1. The number of azide groups is 1. The molecule has 3 amide bonds. The molecule has 0 unspecified atom stereocenters. The summed E-state index contributed by atoms with van der Waals surface area (Å²) in [6, 6.07) is 33.8. The number of nitrogens with one attached hydrogen (secondary N) is 3. The molecule has 6 aromatic rings. The van der Waals surface area contributed by atoms with Gasteiger partial charge in [0.25, 0.3) is 0 Å². The lowest BCUT2D eigenvalue weighted by molar-refractivity contribution is -0.308. The van der Waals surface area contributed by atoms with Crippen LogP contribution in [0, 0.1) is 0 Å². The molecule has 9 rings (SSSR count). The fourth-order valence-corrected chi connectivity index (χ4v) is 10.6. The molecule has 4 N–H and O–H groups in total. The lowest BCUT2D eigenvalue weighted by Crippen LogP contribution is -2.69. The van der Waals surface area contributed by atoms with Crippen LogP contribution in [0.25, 0.3) is 10.4 Å². The van der Waals surface area contributed by atoms with Crippen molar-refractivity contribution in [3.05, 3.63) is 226 Å². The van der Waals surface area contributed by atoms with Crippen LogP contribution in [-0.4, -0.2) is 183 Å². The standard InChI is InChI=1S/C66H58F6N6O21/c1-35(80)74-45-51(97-58(84)39-26-14-5-15-27-39)49(95-56(82)37-22-10-3-11-23-37)43(91-54(45)77-78-73)33-89-62-47(76-64(88)66(70,71)72)53(99-60(86)41-30-18-7-19-31-41)50(96-57(83)38-24-12-4-13-25-38)44(93-62)34-90-61-46(75-63(87)65(67,68)69)52(98-59(85)40-28-16-6-17-29-40)48(42(32-79)92-61)94-55(81)36-20-8-2-9-21-36/h2-31,42-54,61-62,79H,32-34H2,1H3,(H,74,80)(H,75,87)(H,76,88)/t42-,43-,44-,45-,46-,47-,48-,49-,50-,51-,52-,53-,54-,61-,62-/m1/s1. The SMILES string of the molecule is CC(=O)N[C@@H]1[C@@H](OC(=O)c2ccccc2)[C@H](OC(=O)c2ccccc2)[C@@H](CO[C@@H]2O[C@H](CO[C@@H]3O[C@H](CO)[C@@H](OC(=O)c4ccccc4)[C@H](OC(=O)c4ccccc4)[C@H]3NC(=O)C(F)(F)F)[C@@H](OC(=O)c3ccccc3)[C@H](OC(=O)c3ccccc3)[C@H]2NC(=O)C(F)(F)F)O[C@H]1N=[N+]=[N-]. The van der Waals surface area contributed by atoms with Crippen molar-refractivity contribution in [1.29, 1.82) is 0 Å². The second-order valence-electron chi connectivity index (χ2n) is 21.8. The van der Waals surface area contributed by atoms with Gasteiger partial charge >= 0.3 is 60.0 Å². The number of aliphatic hydroxyl groups excluding tert-OH is 1. The van der Waals surface area contributed by atoms with Crippen LogP contribution in [0.2, 0.25) is 0 Å². The van der Waals surface area contributed by atoms with Crippen molar-refractivity contribution in [3.8, 4) is 0 Å². The first-order valence-electron chi connectivity index (χ1n) is 29.9. The molecule has 3 fully saturated rings. The summed E-state index contributed by atoms with van der Waals surface area (Å²) >= 11 is 0. The van der Waals surface area contributed by atoms with Gasteiger partial charge in [0.15, 0.2) is 55.4 Å². The van der Waals surface area contributed by atoms with Crippen LogP contribution < -0.4 is 16.0 Å². The Balaban J connectivity index is 1.18. The highest BCUT2D eigenvalue weighted by atomic mass is 19.4. The smallest absolute Gasteiger partial charge is 0.452 e. The predicted molar refractivity (Wildman–Crippen MR) is 322 cm³/mol. The van der Waals surface area contributed by atoms with Crippen molar-refractivity contribution >= 4 is 53.5 Å². The van der Waals surface area contributed by atoms with E-state index in [0.29, 0.717) is 0 Å². The molecule has 0 saturated carbocycles. The van der Waals surface area contributed by atoms with E-state index in [0.717, 1.165) is 6.92 Å². The van der Waals surface area contributed by atoms with E-state index < -0.39 is 178 Å². The monoisotopic (exact) mass is 1380 g/mol. The molecule has 3 aliphatic rings. The molecule has 0 bridgehead atoms. The summed E-state index contributed by atoms with van der Waals surface area (Å²) in [5, 5.41) is 20.3. The number of ether oxygens (including phenoxy) is 11. The maximum atomic E-state index is 14.8. The van der Waals surface area contributed by atoms with Crippen molar-refractivity contribution in [2.75, 3.05) is 19.8 Å². The molecule has 3 aliphatic heterocycles. The number of aliphatic hydroxyl groups is 1. The first-order chi connectivity index (χ1) is 47.4. The normalized spacial score (nSPS) is 25.1. The van der Waals surface area contributed by atoms with Crippen molar-refractivity contribution in [3.63, 3.8) is 0 Å². The van der Waals surface area contributed by atoms with E-state index in [9.17, 15) is 80.1 Å². The summed E-state index contributed by atoms with van der Waals surface area (Å²) < 4.78 is 154. The number of benzene rings is 6. The quantitative estimate of drug-likeness (QED) is 0.0134.